The van der Waals surface area contributed by atoms with E-state index in [0.29, 0.717) is 19.5 Å². The fourth-order valence-corrected chi connectivity index (χ4v) is 3.25. The minimum Gasteiger partial charge on any atom is -0.481 e. The lowest BCUT2D eigenvalue weighted by Gasteiger charge is -2.30. The van der Waals surface area contributed by atoms with Crippen molar-refractivity contribution >= 4 is 28.2 Å². The highest BCUT2D eigenvalue weighted by Gasteiger charge is 2.28. The van der Waals surface area contributed by atoms with Gasteiger partial charge in [0.15, 0.2) is 4.96 Å². The predicted molar refractivity (Wildman–Crippen MR) is 73.7 cm³/mol. The first kappa shape index (κ1) is 13.1. The van der Waals surface area contributed by atoms with E-state index in [1.54, 1.807) is 4.90 Å². The van der Waals surface area contributed by atoms with Crippen LogP contribution in [0.4, 0.5) is 0 Å². The highest BCUT2D eigenvalue weighted by molar-refractivity contribution is 7.15. The zero-order valence-electron chi connectivity index (χ0n) is 10.9. The largest absolute Gasteiger partial charge is 0.481 e. The SMILES string of the molecule is O=C(O)C1CCCN(C(=O)Cc2cn3ccsc3n2)C1. The van der Waals surface area contributed by atoms with E-state index in [0.717, 1.165) is 17.1 Å². The molecule has 0 spiro atoms. The van der Waals surface area contributed by atoms with Crippen LogP contribution in [0.2, 0.25) is 0 Å². The number of hydrogen-bond acceptors (Lipinski definition) is 4. The minimum atomic E-state index is -0.815. The molecule has 0 saturated carbocycles. The van der Waals surface area contributed by atoms with Crippen LogP contribution in [-0.2, 0) is 16.0 Å². The molecule has 1 amide bonds. The van der Waals surface area contributed by atoms with E-state index in [9.17, 15) is 9.59 Å². The number of carboxylic acids is 1. The Bertz CT molecular complexity index is 620. The second kappa shape index (κ2) is 5.24. The number of aromatic nitrogens is 2. The summed E-state index contributed by atoms with van der Waals surface area (Å²) in [6, 6.07) is 0. The van der Waals surface area contributed by atoms with Crippen molar-refractivity contribution in [3.63, 3.8) is 0 Å². The topological polar surface area (TPSA) is 74.9 Å². The maximum atomic E-state index is 12.2. The van der Waals surface area contributed by atoms with Crippen molar-refractivity contribution in [2.45, 2.75) is 19.3 Å². The number of carboxylic acid groups (broad SMARTS) is 1. The van der Waals surface area contributed by atoms with Gasteiger partial charge in [-0.2, -0.15) is 0 Å². The van der Waals surface area contributed by atoms with E-state index in [-0.39, 0.29) is 12.3 Å². The molecule has 6 nitrogen and oxygen atoms in total. The summed E-state index contributed by atoms with van der Waals surface area (Å²) >= 11 is 1.52. The van der Waals surface area contributed by atoms with E-state index in [2.05, 4.69) is 4.98 Å². The molecule has 2 aromatic rings. The number of hydrogen-bond donors (Lipinski definition) is 1. The Balaban J connectivity index is 1.66. The standard InChI is InChI=1S/C13H15N3O3S/c17-11(15-3-1-2-9(7-15)12(18)19)6-10-8-16-4-5-20-13(16)14-10/h4-5,8-9H,1-3,6-7H2,(H,18,19). The molecule has 0 aromatic carbocycles. The van der Waals surface area contributed by atoms with Gasteiger partial charge in [-0.3, -0.25) is 14.0 Å². The maximum absolute atomic E-state index is 12.2. The summed E-state index contributed by atoms with van der Waals surface area (Å²) in [6.07, 6.45) is 5.39. The summed E-state index contributed by atoms with van der Waals surface area (Å²) in [7, 11) is 0. The number of imidazole rings is 1. The van der Waals surface area contributed by atoms with Gasteiger partial charge in [0.1, 0.15) is 0 Å². The minimum absolute atomic E-state index is 0.0401. The average molecular weight is 293 g/mol. The molecule has 2 aromatic heterocycles. The number of piperidine rings is 1. The molecule has 1 aliphatic heterocycles. The van der Waals surface area contributed by atoms with Crippen LogP contribution >= 0.6 is 11.3 Å². The van der Waals surface area contributed by atoms with Crippen LogP contribution in [0, 0.1) is 5.92 Å². The summed E-state index contributed by atoms with van der Waals surface area (Å²) in [6.45, 7) is 0.960. The van der Waals surface area contributed by atoms with Crippen molar-refractivity contribution in [2.24, 2.45) is 5.92 Å². The maximum Gasteiger partial charge on any atom is 0.308 e. The van der Waals surface area contributed by atoms with Gasteiger partial charge >= 0.3 is 5.97 Å². The van der Waals surface area contributed by atoms with Gasteiger partial charge in [-0.25, -0.2) is 4.98 Å². The number of rotatable bonds is 3. The normalized spacial score (nSPS) is 19.4. The summed E-state index contributed by atoms with van der Waals surface area (Å²) in [5.74, 6) is -1.29. The van der Waals surface area contributed by atoms with Crippen molar-refractivity contribution in [3.8, 4) is 0 Å². The molecule has 1 unspecified atom stereocenters. The number of nitrogens with zero attached hydrogens (tertiary/aromatic N) is 3. The fraction of sp³-hybridized carbons (Fsp3) is 0.462. The van der Waals surface area contributed by atoms with Crippen LogP contribution in [0.15, 0.2) is 17.8 Å². The summed E-state index contributed by atoms with van der Waals surface area (Å²) in [5, 5.41) is 11.0. The van der Waals surface area contributed by atoms with Crippen molar-refractivity contribution in [1.82, 2.24) is 14.3 Å². The number of fused-ring (bicyclic) bond motifs is 1. The number of carbonyl (C=O) groups excluding carboxylic acids is 1. The van der Waals surface area contributed by atoms with Crippen LogP contribution in [0.25, 0.3) is 4.96 Å². The van der Waals surface area contributed by atoms with Gasteiger partial charge in [0.05, 0.1) is 18.0 Å². The second-order valence-corrected chi connectivity index (χ2v) is 5.89. The van der Waals surface area contributed by atoms with Gasteiger partial charge < -0.3 is 10.0 Å². The molecular weight excluding hydrogens is 278 g/mol. The zero-order valence-corrected chi connectivity index (χ0v) is 11.7. The van der Waals surface area contributed by atoms with Crippen LogP contribution < -0.4 is 0 Å². The molecule has 0 bridgehead atoms. The van der Waals surface area contributed by atoms with Gasteiger partial charge in [0.2, 0.25) is 5.91 Å². The molecule has 1 fully saturated rings. The first-order chi connectivity index (χ1) is 9.63. The fourth-order valence-electron chi connectivity index (χ4n) is 2.53. The molecule has 7 heteroatoms. The highest BCUT2D eigenvalue weighted by Crippen LogP contribution is 2.18. The van der Waals surface area contributed by atoms with Crippen molar-refractivity contribution in [2.75, 3.05) is 13.1 Å². The Hall–Kier alpha value is -1.89. The van der Waals surface area contributed by atoms with Crippen LogP contribution in [0.1, 0.15) is 18.5 Å². The number of carbonyl (C=O) groups is 2. The molecule has 0 aliphatic carbocycles. The average Bonchev–Trinajstić information content (AvgIpc) is 2.99. The molecule has 1 saturated heterocycles. The first-order valence-electron chi connectivity index (χ1n) is 6.55. The van der Waals surface area contributed by atoms with Crippen LogP contribution in [0.3, 0.4) is 0 Å². The number of likely N-dealkylation sites (tertiary alicyclic amines) is 1. The molecule has 3 rings (SSSR count). The Morgan fingerprint density at radius 1 is 1.50 bits per heavy atom. The van der Waals surface area contributed by atoms with E-state index < -0.39 is 11.9 Å². The lowest BCUT2D eigenvalue weighted by atomic mass is 9.98. The second-order valence-electron chi connectivity index (χ2n) is 5.02. The van der Waals surface area contributed by atoms with Gasteiger partial charge in [-0.15, -0.1) is 11.3 Å². The van der Waals surface area contributed by atoms with E-state index in [1.165, 1.54) is 11.3 Å². The zero-order chi connectivity index (χ0) is 14.1. The Morgan fingerprint density at radius 2 is 2.35 bits per heavy atom. The summed E-state index contributed by atoms with van der Waals surface area (Å²) in [4.78, 5) is 30.1. The molecule has 3 heterocycles. The smallest absolute Gasteiger partial charge is 0.308 e. The predicted octanol–water partition coefficient (Wildman–Crippen LogP) is 1.26. The highest BCUT2D eigenvalue weighted by atomic mass is 32.1. The van der Waals surface area contributed by atoms with Crippen LogP contribution in [-0.4, -0.2) is 44.4 Å². The number of thiazole rings is 1. The molecular formula is C13H15N3O3S. The number of amides is 1. The third kappa shape index (κ3) is 2.53. The molecule has 0 radical (unpaired) electrons. The third-order valence-corrected chi connectivity index (χ3v) is 4.37. The Kier molecular flexibility index (Phi) is 3.43. The van der Waals surface area contributed by atoms with Gasteiger partial charge in [-0.05, 0) is 12.8 Å². The Morgan fingerprint density at radius 3 is 3.10 bits per heavy atom. The third-order valence-electron chi connectivity index (χ3n) is 3.60. The van der Waals surface area contributed by atoms with Crippen molar-refractivity contribution < 1.29 is 14.7 Å². The van der Waals surface area contributed by atoms with Gasteiger partial charge in [0.25, 0.3) is 0 Å². The van der Waals surface area contributed by atoms with E-state index >= 15 is 0 Å². The van der Waals surface area contributed by atoms with Gasteiger partial charge in [0, 0.05) is 30.9 Å². The van der Waals surface area contributed by atoms with E-state index in [1.807, 2.05) is 22.2 Å². The molecule has 106 valence electrons. The Labute approximate surface area is 119 Å². The van der Waals surface area contributed by atoms with Crippen molar-refractivity contribution in [1.29, 1.82) is 0 Å². The lowest BCUT2D eigenvalue weighted by Crippen LogP contribution is -2.43. The monoisotopic (exact) mass is 293 g/mol. The first-order valence-corrected chi connectivity index (χ1v) is 7.43. The summed E-state index contributed by atoms with van der Waals surface area (Å²) in [5.41, 5.74) is 0.735. The number of aliphatic carboxylic acids is 1. The quantitative estimate of drug-likeness (QED) is 0.924. The molecule has 20 heavy (non-hydrogen) atoms. The molecule has 1 N–H and O–H groups in total. The van der Waals surface area contributed by atoms with E-state index in [4.69, 9.17) is 5.11 Å². The molecule has 1 aliphatic rings. The lowest BCUT2D eigenvalue weighted by molar-refractivity contribution is -0.145. The molecule has 1 atom stereocenters. The van der Waals surface area contributed by atoms with Crippen LogP contribution in [0.5, 0.6) is 0 Å². The summed E-state index contributed by atoms with van der Waals surface area (Å²) < 4.78 is 1.89. The van der Waals surface area contributed by atoms with Crippen molar-refractivity contribution in [3.05, 3.63) is 23.5 Å². The van der Waals surface area contributed by atoms with Gasteiger partial charge in [-0.1, -0.05) is 0 Å².